The molecule has 0 heterocycles. The topological polar surface area (TPSA) is 32.6 Å². The zero-order valence-electron chi connectivity index (χ0n) is 2.84. The molecule has 5 heavy (non-hydrogen) atoms. The second-order valence-electron chi connectivity index (χ2n) is 0.647. The van der Waals surface area contributed by atoms with Gasteiger partial charge in [-0.25, -0.2) is 0 Å². The molecule has 3 heteroatoms. The Hall–Kier alpha value is -0.180. The Morgan fingerprint density at radius 2 is 2.20 bits per heavy atom. The fourth-order valence-electron chi connectivity index (χ4n) is 0. The van der Waals surface area contributed by atoms with Gasteiger partial charge in [0.25, 0.3) is 0 Å². The van der Waals surface area contributed by atoms with E-state index in [4.69, 9.17) is 5.21 Å². The maximum atomic E-state index is 7.66. The summed E-state index contributed by atoms with van der Waals surface area (Å²) in [6, 6.07) is 0. The number of hydrogen-bond acceptors (Lipinski definition) is 2. The predicted octanol–water partition coefficient (Wildman–Crippen LogP) is 0.724. The molecule has 0 radical (unpaired) electrons. The van der Waals surface area contributed by atoms with Gasteiger partial charge in [-0.15, -0.1) is 12.6 Å². The van der Waals surface area contributed by atoms with Gasteiger partial charge in [0, 0.05) is 0 Å². The van der Waals surface area contributed by atoms with E-state index in [1.807, 2.05) is 0 Å². The molecule has 0 bridgehead atoms. The summed E-state index contributed by atoms with van der Waals surface area (Å²) in [4.78, 5) is 0. The molecule has 0 spiro atoms. The normalized spacial score (nSPS) is 12.0. The average Bonchev–Trinajstić information content (AvgIpc) is 1.38. The first-order chi connectivity index (χ1) is 2.27. The van der Waals surface area contributed by atoms with Gasteiger partial charge in [0.15, 0.2) is 0 Å². The zero-order valence-corrected chi connectivity index (χ0v) is 3.74. The van der Waals surface area contributed by atoms with E-state index in [2.05, 4.69) is 17.8 Å². The first-order valence-corrected chi connectivity index (χ1v) is 1.59. The van der Waals surface area contributed by atoms with Gasteiger partial charge in [0.2, 0.25) is 0 Å². The van der Waals surface area contributed by atoms with Gasteiger partial charge in [0.1, 0.15) is 5.04 Å². The summed E-state index contributed by atoms with van der Waals surface area (Å²) in [6.07, 6.45) is 0. The molecule has 2 nitrogen and oxygen atoms in total. The molecule has 1 N–H and O–H groups in total. The summed E-state index contributed by atoms with van der Waals surface area (Å²) in [5, 5.41) is 10.7. The van der Waals surface area contributed by atoms with Gasteiger partial charge in [-0.2, -0.15) is 0 Å². The summed E-state index contributed by atoms with van der Waals surface area (Å²) in [5.74, 6) is 0. The predicted molar refractivity (Wildman–Crippen MR) is 23.9 cm³/mol. The number of rotatable bonds is 0. The van der Waals surface area contributed by atoms with Gasteiger partial charge < -0.3 is 5.21 Å². The summed E-state index contributed by atoms with van der Waals surface area (Å²) < 4.78 is 0. The van der Waals surface area contributed by atoms with Crippen LogP contribution < -0.4 is 0 Å². The first kappa shape index (κ1) is 4.82. The van der Waals surface area contributed by atoms with Crippen LogP contribution in [0.5, 0.6) is 0 Å². The maximum Gasteiger partial charge on any atom is 0.106 e. The molecule has 0 aliphatic carbocycles. The molecule has 0 saturated heterocycles. The van der Waals surface area contributed by atoms with Crippen molar-refractivity contribution in [3.8, 4) is 0 Å². The molecule has 0 aliphatic heterocycles. The molecule has 0 aromatic carbocycles. The fraction of sp³-hybridized carbons (Fsp3) is 0.500. The van der Waals surface area contributed by atoms with Crippen LogP contribution in [0.3, 0.4) is 0 Å². The molecule has 0 saturated carbocycles. The van der Waals surface area contributed by atoms with Crippen LogP contribution in [0.4, 0.5) is 0 Å². The number of oxime groups is 1. The van der Waals surface area contributed by atoms with E-state index in [-0.39, 0.29) is 0 Å². The first-order valence-electron chi connectivity index (χ1n) is 1.15. The zero-order chi connectivity index (χ0) is 4.28. The lowest BCUT2D eigenvalue weighted by atomic mass is 10.9. The molecule has 0 aliphatic rings. The highest BCUT2D eigenvalue weighted by atomic mass is 32.1. The van der Waals surface area contributed by atoms with Gasteiger partial charge in [0.05, 0.1) is 0 Å². The summed E-state index contributed by atoms with van der Waals surface area (Å²) in [6.45, 7) is 1.59. The molecule has 30 valence electrons. The smallest absolute Gasteiger partial charge is 0.106 e. The minimum Gasteiger partial charge on any atom is -0.410 e. The molecule has 0 aromatic heterocycles. The van der Waals surface area contributed by atoms with Crippen molar-refractivity contribution in [3.63, 3.8) is 0 Å². The van der Waals surface area contributed by atoms with Crippen molar-refractivity contribution >= 4 is 17.7 Å². The highest BCUT2D eigenvalue weighted by molar-refractivity contribution is 7.96. The van der Waals surface area contributed by atoms with E-state index in [0.29, 0.717) is 5.04 Å². The third kappa shape index (κ3) is 3.82. The Morgan fingerprint density at radius 1 is 2.00 bits per heavy atom. The van der Waals surface area contributed by atoms with Gasteiger partial charge in [-0.1, -0.05) is 5.16 Å². The fourth-order valence-corrected chi connectivity index (χ4v) is 0. The van der Waals surface area contributed by atoms with Crippen molar-refractivity contribution in [2.45, 2.75) is 6.92 Å². The van der Waals surface area contributed by atoms with Crippen LogP contribution in [0.1, 0.15) is 6.92 Å². The standard InChI is InChI=1S/C2H5NOS/c1-2(5)3-4/h4H,1H3,(H,3,5). The lowest BCUT2D eigenvalue weighted by Crippen LogP contribution is -1.69. The molecule has 0 amide bonds. The molecular formula is C2H5NOS. The molecule has 0 rings (SSSR count). The minimum absolute atomic E-state index is 0.380. The summed E-state index contributed by atoms with van der Waals surface area (Å²) in [7, 11) is 0. The monoisotopic (exact) mass is 91.0 g/mol. The third-order valence-corrected chi connectivity index (χ3v) is 0.234. The van der Waals surface area contributed by atoms with Crippen LogP contribution in [0, 0.1) is 0 Å². The Bertz CT molecular complexity index is 47.6. The van der Waals surface area contributed by atoms with E-state index < -0.39 is 0 Å². The van der Waals surface area contributed by atoms with E-state index in [1.165, 1.54) is 0 Å². The minimum atomic E-state index is 0.380. The highest BCUT2D eigenvalue weighted by Gasteiger charge is 1.66. The van der Waals surface area contributed by atoms with Crippen LogP contribution >= 0.6 is 12.6 Å². The van der Waals surface area contributed by atoms with Crippen molar-refractivity contribution in [3.05, 3.63) is 0 Å². The third-order valence-electron chi connectivity index (χ3n) is 0.145. The highest BCUT2D eigenvalue weighted by Crippen LogP contribution is 1.74. The van der Waals surface area contributed by atoms with E-state index in [0.717, 1.165) is 0 Å². The average molecular weight is 91.1 g/mol. The van der Waals surface area contributed by atoms with Crippen molar-refractivity contribution < 1.29 is 5.21 Å². The van der Waals surface area contributed by atoms with Crippen molar-refractivity contribution in [2.75, 3.05) is 0 Å². The second-order valence-corrected chi connectivity index (χ2v) is 1.29. The Kier molecular flexibility index (Phi) is 2.01. The largest absolute Gasteiger partial charge is 0.410 e. The molecule has 0 unspecified atom stereocenters. The lowest BCUT2D eigenvalue weighted by Gasteiger charge is -1.71. The lowest BCUT2D eigenvalue weighted by molar-refractivity contribution is 0.320. The molecule has 0 fully saturated rings. The van der Waals surface area contributed by atoms with Crippen LogP contribution in [-0.2, 0) is 0 Å². The van der Waals surface area contributed by atoms with E-state index >= 15 is 0 Å². The van der Waals surface area contributed by atoms with Gasteiger partial charge in [-0.05, 0) is 6.92 Å². The van der Waals surface area contributed by atoms with Gasteiger partial charge in [-0.3, -0.25) is 0 Å². The molecule has 0 atom stereocenters. The van der Waals surface area contributed by atoms with Gasteiger partial charge >= 0.3 is 0 Å². The second kappa shape index (κ2) is 2.08. The number of nitrogens with zero attached hydrogens (tertiary/aromatic N) is 1. The van der Waals surface area contributed by atoms with E-state index in [9.17, 15) is 0 Å². The Labute approximate surface area is 35.9 Å². The van der Waals surface area contributed by atoms with Crippen LogP contribution in [0.25, 0.3) is 0 Å². The van der Waals surface area contributed by atoms with Crippen molar-refractivity contribution in [1.29, 1.82) is 0 Å². The van der Waals surface area contributed by atoms with E-state index in [1.54, 1.807) is 6.92 Å². The molecular weight excluding hydrogens is 86.1 g/mol. The van der Waals surface area contributed by atoms with Crippen LogP contribution in [0.2, 0.25) is 0 Å². The van der Waals surface area contributed by atoms with Crippen molar-refractivity contribution in [2.24, 2.45) is 5.16 Å². The van der Waals surface area contributed by atoms with Crippen LogP contribution in [0.15, 0.2) is 5.16 Å². The Balaban J connectivity index is 3.14. The number of hydrogen-bond donors (Lipinski definition) is 2. The number of thiol groups is 1. The quantitative estimate of drug-likeness (QED) is 0.149. The SMILES string of the molecule is C/C(S)=N\O. The van der Waals surface area contributed by atoms with Crippen LogP contribution in [-0.4, -0.2) is 10.3 Å². The van der Waals surface area contributed by atoms with Crippen molar-refractivity contribution in [1.82, 2.24) is 0 Å². The summed E-state index contributed by atoms with van der Waals surface area (Å²) in [5.41, 5.74) is 0. The maximum absolute atomic E-state index is 7.66. The summed E-state index contributed by atoms with van der Waals surface area (Å²) >= 11 is 3.60. The Morgan fingerprint density at radius 3 is 2.20 bits per heavy atom. The molecule has 0 aromatic rings.